The Labute approximate surface area is 230 Å². The van der Waals surface area contributed by atoms with E-state index in [1.54, 1.807) is 18.2 Å². The molecule has 3 aliphatic heterocycles. The first-order chi connectivity index (χ1) is 19.2. The lowest BCUT2D eigenvalue weighted by atomic mass is 10.0. The SMILES string of the molecule is Cc1[nH]c(C=C2C(=O)Nc3ccc(F)cc32)c(C)c1C(=O)NCCN1CCCC1.O=C1Cc2cc(F)ccc2N1. The normalized spacial score (nSPS) is 16.8. The molecule has 8 nitrogen and oxygen atoms in total. The van der Waals surface area contributed by atoms with Crippen molar-refractivity contribution in [3.63, 3.8) is 0 Å². The van der Waals surface area contributed by atoms with E-state index < -0.39 is 5.82 Å². The summed E-state index contributed by atoms with van der Waals surface area (Å²) in [5.74, 6) is -1.16. The predicted octanol–water partition coefficient (Wildman–Crippen LogP) is 4.41. The number of hydrogen-bond donors (Lipinski definition) is 4. The molecule has 0 aliphatic carbocycles. The first-order valence-corrected chi connectivity index (χ1v) is 13.3. The summed E-state index contributed by atoms with van der Waals surface area (Å²) in [6, 6.07) is 8.51. The monoisotopic (exact) mass is 547 g/mol. The molecule has 0 bridgehead atoms. The van der Waals surface area contributed by atoms with Gasteiger partial charge >= 0.3 is 0 Å². The predicted molar refractivity (Wildman–Crippen MR) is 150 cm³/mol. The standard InChI is InChI=1S/C22H25FN4O2.C8H6FNO/c1-13-19(12-17-16-11-15(23)5-6-18(16)26-21(17)28)25-14(2)20(13)22(29)24-7-10-27-8-3-4-9-27;9-6-1-2-7-5(3-6)4-8(11)10-7/h5-6,11-12,25H,3-4,7-10H2,1-2H3,(H,24,29)(H,26,28);1-3H,4H2,(H,10,11). The van der Waals surface area contributed by atoms with E-state index in [-0.39, 0.29) is 23.5 Å². The largest absolute Gasteiger partial charge is 0.358 e. The van der Waals surface area contributed by atoms with Crippen LogP contribution in [0.25, 0.3) is 11.6 Å². The molecule has 1 fully saturated rings. The molecule has 6 rings (SSSR count). The van der Waals surface area contributed by atoms with Crippen LogP contribution in [-0.4, -0.2) is 53.8 Å². The van der Waals surface area contributed by atoms with Gasteiger partial charge < -0.3 is 25.8 Å². The zero-order valence-corrected chi connectivity index (χ0v) is 22.4. The van der Waals surface area contributed by atoms with Crippen molar-refractivity contribution in [2.24, 2.45) is 0 Å². The second kappa shape index (κ2) is 11.4. The van der Waals surface area contributed by atoms with Gasteiger partial charge in [0.05, 0.1) is 17.6 Å². The van der Waals surface area contributed by atoms with Gasteiger partial charge in [0.25, 0.3) is 11.8 Å². The van der Waals surface area contributed by atoms with Gasteiger partial charge in [-0.3, -0.25) is 14.4 Å². The Hall–Kier alpha value is -4.31. The number of aromatic nitrogens is 1. The fraction of sp³-hybridized carbons (Fsp3) is 0.300. The Balaban J connectivity index is 0.000000244. The van der Waals surface area contributed by atoms with Crippen molar-refractivity contribution in [3.05, 3.63) is 81.7 Å². The van der Waals surface area contributed by atoms with Gasteiger partial charge in [0.1, 0.15) is 11.6 Å². The second-order valence-corrected chi connectivity index (χ2v) is 10.2. The molecule has 1 aromatic heterocycles. The van der Waals surface area contributed by atoms with Crippen LogP contribution in [0.1, 0.15) is 51.3 Å². The number of likely N-dealkylation sites (tertiary alicyclic amines) is 1. The highest BCUT2D eigenvalue weighted by Crippen LogP contribution is 2.34. The van der Waals surface area contributed by atoms with Gasteiger partial charge in [0, 0.05) is 41.4 Å². The fourth-order valence-corrected chi connectivity index (χ4v) is 5.33. The van der Waals surface area contributed by atoms with Crippen LogP contribution in [0.4, 0.5) is 20.2 Å². The molecule has 0 spiro atoms. The molecule has 1 saturated heterocycles. The molecule has 3 aliphatic rings. The van der Waals surface area contributed by atoms with E-state index in [2.05, 4.69) is 25.8 Å². The Bertz CT molecular complexity index is 1520. The van der Waals surface area contributed by atoms with Crippen molar-refractivity contribution in [2.45, 2.75) is 33.1 Å². The van der Waals surface area contributed by atoms with Gasteiger partial charge in [0.2, 0.25) is 5.91 Å². The number of hydrogen-bond acceptors (Lipinski definition) is 4. The Morgan fingerprint density at radius 2 is 1.70 bits per heavy atom. The number of amides is 3. The number of fused-ring (bicyclic) bond motifs is 2. The number of H-pyrrole nitrogens is 1. The van der Waals surface area contributed by atoms with Gasteiger partial charge in [0.15, 0.2) is 0 Å². The lowest BCUT2D eigenvalue weighted by Gasteiger charge is -2.14. The van der Waals surface area contributed by atoms with Gasteiger partial charge in [-0.2, -0.15) is 0 Å². The van der Waals surface area contributed by atoms with Crippen LogP contribution in [0, 0.1) is 25.5 Å². The molecule has 3 aromatic rings. The van der Waals surface area contributed by atoms with Crippen molar-refractivity contribution < 1.29 is 23.2 Å². The number of halogens is 2. The maximum Gasteiger partial charge on any atom is 0.256 e. The lowest BCUT2D eigenvalue weighted by Crippen LogP contribution is -2.33. The van der Waals surface area contributed by atoms with Gasteiger partial charge in [-0.1, -0.05) is 0 Å². The molecule has 4 N–H and O–H groups in total. The molecule has 10 heteroatoms. The minimum atomic E-state index is -0.399. The first kappa shape index (κ1) is 27.3. The van der Waals surface area contributed by atoms with Crippen molar-refractivity contribution in [1.29, 1.82) is 0 Å². The topological polar surface area (TPSA) is 106 Å². The Morgan fingerprint density at radius 3 is 2.45 bits per heavy atom. The smallest absolute Gasteiger partial charge is 0.256 e. The van der Waals surface area contributed by atoms with Crippen LogP contribution in [0.3, 0.4) is 0 Å². The van der Waals surface area contributed by atoms with Crippen LogP contribution in [0.5, 0.6) is 0 Å². The molecule has 0 radical (unpaired) electrons. The van der Waals surface area contributed by atoms with Crippen LogP contribution >= 0.6 is 0 Å². The highest BCUT2D eigenvalue weighted by molar-refractivity contribution is 6.34. The maximum absolute atomic E-state index is 13.7. The lowest BCUT2D eigenvalue weighted by molar-refractivity contribution is -0.115. The number of carbonyl (C=O) groups is 3. The Morgan fingerprint density at radius 1 is 1.00 bits per heavy atom. The van der Waals surface area contributed by atoms with E-state index in [1.807, 2.05) is 13.8 Å². The molecule has 0 unspecified atom stereocenters. The number of aryl methyl sites for hydroxylation is 1. The summed E-state index contributed by atoms with van der Waals surface area (Å²) in [4.78, 5) is 41.4. The summed E-state index contributed by atoms with van der Waals surface area (Å²) in [5.41, 5.74) is 5.75. The van der Waals surface area contributed by atoms with E-state index in [4.69, 9.17) is 0 Å². The summed E-state index contributed by atoms with van der Waals surface area (Å²) >= 11 is 0. The van der Waals surface area contributed by atoms with Gasteiger partial charge in [-0.15, -0.1) is 0 Å². The van der Waals surface area contributed by atoms with Crippen LogP contribution in [-0.2, 0) is 16.0 Å². The van der Waals surface area contributed by atoms with Crippen LogP contribution < -0.4 is 16.0 Å². The summed E-state index contributed by atoms with van der Waals surface area (Å²) < 4.78 is 26.2. The molecule has 3 amide bonds. The highest BCUT2D eigenvalue weighted by atomic mass is 19.1. The summed E-state index contributed by atoms with van der Waals surface area (Å²) in [6.07, 6.45) is 4.43. The summed E-state index contributed by atoms with van der Waals surface area (Å²) in [5, 5.41) is 8.36. The minimum absolute atomic E-state index is 0.0643. The van der Waals surface area contributed by atoms with Crippen molar-refractivity contribution in [3.8, 4) is 0 Å². The molecular formula is C30H31F2N5O3. The zero-order valence-electron chi connectivity index (χ0n) is 22.4. The first-order valence-electron chi connectivity index (χ1n) is 13.3. The quantitative estimate of drug-likeness (QED) is 0.355. The van der Waals surface area contributed by atoms with Crippen molar-refractivity contribution >= 4 is 40.7 Å². The maximum atomic E-state index is 13.7. The van der Waals surface area contributed by atoms with Crippen molar-refractivity contribution in [1.82, 2.24) is 15.2 Å². The number of anilines is 2. The number of rotatable bonds is 5. The van der Waals surface area contributed by atoms with Gasteiger partial charge in [-0.05, 0) is 93.4 Å². The van der Waals surface area contributed by atoms with E-state index in [0.29, 0.717) is 41.0 Å². The molecule has 208 valence electrons. The molecule has 2 aromatic carbocycles. The highest BCUT2D eigenvalue weighted by Gasteiger charge is 2.26. The average Bonchev–Trinajstić information content (AvgIpc) is 3.67. The number of nitrogens with zero attached hydrogens (tertiary/aromatic N) is 1. The average molecular weight is 548 g/mol. The second-order valence-electron chi connectivity index (χ2n) is 10.2. The van der Waals surface area contributed by atoms with E-state index in [9.17, 15) is 23.2 Å². The van der Waals surface area contributed by atoms with Gasteiger partial charge in [-0.25, -0.2) is 8.78 Å². The molecule has 40 heavy (non-hydrogen) atoms. The van der Waals surface area contributed by atoms with Crippen LogP contribution in [0.2, 0.25) is 0 Å². The summed E-state index contributed by atoms with van der Waals surface area (Å²) in [6.45, 7) is 7.35. The minimum Gasteiger partial charge on any atom is -0.358 e. The number of benzene rings is 2. The third-order valence-corrected chi connectivity index (χ3v) is 7.36. The molecule has 0 saturated carbocycles. The van der Waals surface area contributed by atoms with E-state index in [1.165, 1.54) is 37.1 Å². The fourth-order valence-electron chi connectivity index (χ4n) is 5.33. The molecule has 0 atom stereocenters. The van der Waals surface area contributed by atoms with E-state index >= 15 is 0 Å². The number of aromatic amines is 1. The number of nitrogens with one attached hydrogen (secondary N) is 4. The number of carbonyl (C=O) groups excluding carboxylic acids is 3. The third-order valence-electron chi connectivity index (χ3n) is 7.36. The molecular weight excluding hydrogens is 516 g/mol. The summed E-state index contributed by atoms with van der Waals surface area (Å²) in [7, 11) is 0. The van der Waals surface area contributed by atoms with Crippen LogP contribution in [0.15, 0.2) is 36.4 Å². The Kier molecular flexibility index (Phi) is 7.79. The third kappa shape index (κ3) is 5.81. The molecule has 4 heterocycles. The van der Waals surface area contributed by atoms with E-state index in [0.717, 1.165) is 42.1 Å². The zero-order chi connectivity index (χ0) is 28.4. The van der Waals surface area contributed by atoms with Crippen molar-refractivity contribution in [2.75, 3.05) is 36.8 Å².